The van der Waals surface area contributed by atoms with E-state index in [9.17, 15) is 4.79 Å². The number of hydrogen-bond donors (Lipinski definition) is 1. The predicted molar refractivity (Wildman–Crippen MR) is 59.5 cm³/mol. The highest BCUT2D eigenvalue weighted by atomic mass is 32.2. The lowest BCUT2D eigenvalue weighted by atomic mass is 9.96. The van der Waals surface area contributed by atoms with E-state index in [0.29, 0.717) is 12.5 Å². The summed E-state index contributed by atoms with van der Waals surface area (Å²) >= 11 is 1.68. The van der Waals surface area contributed by atoms with E-state index in [-0.39, 0.29) is 5.91 Å². The number of carbonyl (C=O) groups is 1. The van der Waals surface area contributed by atoms with Crippen molar-refractivity contribution in [2.24, 2.45) is 4.99 Å². The Morgan fingerprint density at radius 3 is 2.79 bits per heavy atom. The van der Waals surface area contributed by atoms with Gasteiger partial charge in [0.1, 0.15) is 0 Å². The predicted octanol–water partition coefficient (Wildman–Crippen LogP) is 1.93. The average molecular weight is 212 g/mol. The minimum atomic E-state index is 0.123. The summed E-state index contributed by atoms with van der Waals surface area (Å²) in [4.78, 5) is 15.7. The molecular weight excluding hydrogens is 196 g/mol. The van der Waals surface area contributed by atoms with Crippen LogP contribution < -0.4 is 5.32 Å². The second-order valence-electron chi connectivity index (χ2n) is 3.87. The fourth-order valence-corrected chi connectivity index (χ4v) is 2.79. The van der Waals surface area contributed by atoms with Gasteiger partial charge in [0.25, 0.3) is 0 Å². The molecule has 0 radical (unpaired) electrons. The van der Waals surface area contributed by atoms with Gasteiger partial charge in [0.05, 0.1) is 6.04 Å². The molecule has 2 fully saturated rings. The van der Waals surface area contributed by atoms with Gasteiger partial charge in [0.15, 0.2) is 5.17 Å². The van der Waals surface area contributed by atoms with Crippen LogP contribution in [0.3, 0.4) is 0 Å². The Morgan fingerprint density at radius 2 is 2.07 bits per heavy atom. The van der Waals surface area contributed by atoms with Crippen LogP contribution in [0.25, 0.3) is 0 Å². The van der Waals surface area contributed by atoms with Crippen LogP contribution in [0.4, 0.5) is 0 Å². The third-order valence-electron chi connectivity index (χ3n) is 2.69. The van der Waals surface area contributed by atoms with Crippen molar-refractivity contribution in [3.63, 3.8) is 0 Å². The maximum Gasteiger partial charge on any atom is 0.226 e. The first-order valence-electron chi connectivity index (χ1n) is 5.35. The van der Waals surface area contributed by atoms with Gasteiger partial charge in [-0.1, -0.05) is 31.0 Å². The number of thioether (sulfide) groups is 1. The number of hydrogen-bond acceptors (Lipinski definition) is 3. The summed E-state index contributed by atoms with van der Waals surface area (Å²) in [6.07, 6.45) is 6.95. The lowest BCUT2D eigenvalue weighted by molar-refractivity contribution is -0.119. The Balaban J connectivity index is 1.91. The van der Waals surface area contributed by atoms with Crippen molar-refractivity contribution in [1.82, 2.24) is 5.32 Å². The topological polar surface area (TPSA) is 41.5 Å². The largest absolute Gasteiger partial charge is 0.305 e. The van der Waals surface area contributed by atoms with Crippen molar-refractivity contribution in [2.45, 2.75) is 44.6 Å². The summed E-state index contributed by atoms with van der Waals surface area (Å²) in [5.74, 6) is 1.01. The first-order chi connectivity index (χ1) is 6.84. The number of nitrogens with one attached hydrogen (secondary N) is 1. The molecule has 0 bridgehead atoms. The van der Waals surface area contributed by atoms with Crippen molar-refractivity contribution >= 4 is 22.8 Å². The molecule has 3 nitrogen and oxygen atoms in total. The number of aliphatic imine (C=N–C) groups is 1. The molecule has 1 saturated heterocycles. The fourth-order valence-electron chi connectivity index (χ4n) is 1.90. The molecule has 2 aliphatic rings. The van der Waals surface area contributed by atoms with Crippen LogP contribution in [0.15, 0.2) is 4.99 Å². The lowest BCUT2D eigenvalue weighted by Gasteiger charge is -2.20. The summed E-state index contributed by atoms with van der Waals surface area (Å²) in [6, 6.07) is 0.463. The Bertz CT molecular complexity index is 247. The van der Waals surface area contributed by atoms with Gasteiger partial charge in [-0.3, -0.25) is 9.79 Å². The van der Waals surface area contributed by atoms with Crippen molar-refractivity contribution in [3.8, 4) is 0 Å². The first kappa shape index (κ1) is 10.0. The smallest absolute Gasteiger partial charge is 0.226 e. The van der Waals surface area contributed by atoms with Gasteiger partial charge in [-0.25, -0.2) is 0 Å². The highest BCUT2D eigenvalue weighted by Crippen LogP contribution is 2.22. The van der Waals surface area contributed by atoms with E-state index in [1.54, 1.807) is 11.8 Å². The molecule has 14 heavy (non-hydrogen) atoms. The van der Waals surface area contributed by atoms with Gasteiger partial charge >= 0.3 is 0 Å². The molecule has 1 heterocycles. The molecule has 4 heteroatoms. The van der Waals surface area contributed by atoms with E-state index in [4.69, 9.17) is 0 Å². The average Bonchev–Trinajstić information content (AvgIpc) is 2.19. The number of amidine groups is 1. The van der Waals surface area contributed by atoms with Crippen LogP contribution in [0, 0.1) is 0 Å². The molecule has 1 aliphatic carbocycles. The zero-order valence-electron chi connectivity index (χ0n) is 8.29. The molecule has 0 unspecified atom stereocenters. The third-order valence-corrected chi connectivity index (χ3v) is 3.58. The zero-order chi connectivity index (χ0) is 9.80. The quantitative estimate of drug-likeness (QED) is 0.721. The molecule has 0 spiro atoms. The second-order valence-corrected chi connectivity index (χ2v) is 4.96. The molecule has 1 N–H and O–H groups in total. The SMILES string of the molecule is O=C1CCSC(=NC2CCCCC2)N1. The van der Waals surface area contributed by atoms with Crippen molar-refractivity contribution in [3.05, 3.63) is 0 Å². The van der Waals surface area contributed by atoms with Crippen LogP contribution in [-0.4, -0.2) is 22.9 Å². The summed E-state index contributed by atoms with van der Waals surface area (Å²) in [6.45, 7) is 0. The van der Waals surface area contributed by atoms with Gasteiger partial charge in [-0.2, -0.15) is 0 Å². The molecule has 0 aromatic heterocycles. The van der Waals surface area contributed by atoms with E-state index >= 15 is 0 Å². The van der Waals surface area contributed by atoms with E-state index < -0.39 is 0 Å². The van der Waals surface area contributed by atoms with Gasteiger partial charge in [0.2, 0.25) is 5.91 Å². The van der Waals surface area contributed by atoms with E-state index in [1.807, 2.05) is 0 Å². The maximum atomic E-state index is 11.1. The summed E-state index contributed by atoms with van der Waals surface area (Å²) in [7, 11) is 0. The van der Waals surface area contributed by atoms with Gasteiger partial charge in [-0.05, 0) is 12.8 Å². The molecule has 1 aliphatic heterocycles. The Kier molecular flexibility index (Phi) is 3.45. The minimum absolute atomic E-state index is 0.123. The maximum absolute atomic E-state index is 11.1. The van der Waals surface area contributed by atoms with Crippen LogP contribution in [0.1, 0.15) is 38.5 Å². The Morgan fingerprint density at radius 1 is 1.29 bits per heavy atom. The molecule has 0 aromatic rings. The summed E-state index contributed by atoms with van der Waals surface area (Å²) in [5.41, 5.74) is 0. The molecule has 1 saturated carbocycles. The molecule has 1 amide bonds. The van der Waals surface area contributed by atoms with E-state index in [1.165, 1.54) is 32.1 Å². The van der Waals surface area contributed by atoms with Crippen LogP contribution in [-0.2, 0) is 4.79 Å². The van der Waals surface area contributed by atoms with E-state index in [0.717, 1.165) is 10.9 Å². The normalized spacial score (nSPS) is 27.7. The Hall–Kier alpha value is -0.510. The van der Waals surface area contributed by atoms with Crippen LogP contribution in [0.2, 0.25) is 0 Å². The van der Waals surface area contributed by atoms with Gasteiger partial charge < -0.3 is 5.32 Å². The van der Waals surface area contributed by atoms with Crippen molar-refractivity contribution < 1.29 is 4.79 Å². The highest BCUT2D eigenvalue weighted by Gasteiger charge is 2.17. The number of carbonyl (C=O) groups excluding carboxylic acids is 1. The van der Waals surface area contributed by atoms with Crippen LogP contribution in [0.5, 0.6) is 0 Å². The summed E-state index contributed by atoms with van der Waals surface area (Å²) < 4.78 is 0. The monoisotopic (exact) mass is 212 g/mol. The highest BCUT2D eigenvalue weighted by molar-refractivity contribution is 8.14. The van der Waals surface area contributed by atoms with Crippen molar-refractivity contribution in [1.29, 1.82) is 0 Å². The number of rotatable bonds is 1. The molecular formula is C10H16N2OS. The van der Waals surface area contributed by atoms with Crippen molar-refractivity contribution in [2.75, 3.05) is 5.75 Å². The minimum Gasteiger partial charge on any atom is -0.305 e. The Labute approximate surface area is 88.7 Å². The zero-order valence-corrected chi connectivity index (χ0v) is 9.11. The van der Waals surface area contributed by atoms with Crippen LogP contribution >= 0.6 is 11.8 Å². The van der Waals surface area contributed by atoms with E-state index in [2.05, 4.69) is 10.3 Å². The molecule has 0 aromatic carbocycles. The number of amides is 1. The molecule has 78 valence electrons. The lowest BCUT2D eigenvalue weighted by Crippen LogP contribution is -2.34. The van der Waals surface area contributed by atoms with Gasteiger partial charge in [-0.15, -0.1) is 0 Å². The standard InChI is InChI=1S/C10H16N2OS/c13-9-6-7-14-10(12-9)11-8-4-2-1-3-5-8/h8H,1-7H2,(H,11,12,13). The summed E-state index contributed by atoms with van der Waals surface area (Å²) in [5, 5.41) is 3.69. The molecule has 2 rings (SSSR count). The van der Waals surface area contributed by atoms with Gasteiger partial charge in [0, 0.05) is 12.2 Å². The fraction of sp³-hybridized carbons (Fsp3) is 0.800. The third kappa shape index (κ3) is 2.74. The second kappa shape index (κ2) is 4.82. The first-order valence-corrected chi connectivity index (χ1v) is 6.33. The number of nitrogens with zero attached hydrogens (tertiary/aromatic N) is 1. The molecule has 0 atom stereocenters.